The highest BCUT2D eigenvalue weighted by Crippen LogP contribution is 2.27. The predicted molar refractivity (Wildman–Crippen MR) is 130 cm³/mol. The van der Waals surface area contributed by atoms with E-state index in [1.165, 1.54) is 70.6 Å². The lowest BCUT2D eigenvalue weighted by Crippen LogP contribution is -2.39. The van der Waals surface area contributed by atoms with Gasteiger partial charge in [-0.2, -0.15) is 9.97 Å². The van der Waals surface area contributed by atoms with Crippen LogP contribution in [0.2, 0.25) is 0 Å². The van der Waals surface area contributed by atoms with Gasteiger partial charge in [0.15, 0.2) is 5.11 Å². The summed E-state index contributed by atoms with van der Waals surface area (Å²) < 4.78 is 0. The number of nitrogens with zero attached hydrogens (tertiary/aromatic N) is 4. The van der Waals surface area contributed by atoms with E-state index in [9.17, 15) is 0 Å². The topological polar surface area (TPSA) is 56.3 Å². The van der Waals surface area contributed by atoms with E-state index in [-0.39, 0.29) is 0 Å². The molecule has 2 aliphatic heterocycles. The lowest BCUT2D eigenvalue weighted by molar-refractivity contribution is 0.414. The first-order valence-electron chi connectivity index (χ1n) is 12.1. The van der Waals surface area contributed by atoms with Crippen LogP contribution in [0.25, 0.3) is 0 Å². The van der Waals surface area contributed by atoms with Gasteiger partial charge in [-0.3, -0.25) is 0 Å². The first-order valence-corrected chi connectivity index (χ1v) is 12.5. The molecule has 30 heavy (non-hydrogen) atoms. The Bertz CT molecular complexity index is 677. The second-order valence-corrected chi connectivity index (χ2v) is 9.84. The zero-order valence-electron chi connectivity index (χ0n) is 18.5. The molecule has 0 unspecified atom stereocenters. The van der Waals surface area contributed by atoms with Crippen LogP contribution in [0.5, 0.6) is 0 Å². The SMILES string of the molecule is C[C@@H]1CCCN(c2cc(N3CCCCCC3)nc(NC(=S)NC3CCCCC3)n2)C1. The molecule has 0 amide bonds. The van der Waals surface area contributed by atoms with Crippen LogP contribution < -0.4 is 20.4 Å². The number of hydrogen-bond donors (Lipinski definition) is 2. The van der Waals surface area contributed by atoms with E-state index in [0.717, 1.165) is 37.8 Å². The lowest BCUT2D eigenvalue weighted by atomic mass is 9.96. The molecule has 2 N–H and O–H groups in total. The Hall–Kier alpha value is -1.63. The summed E-state index contributed by atoms with van der Waals surface area (Å²) in [7, 11) is 0. The fraction of sp³-hybridized carbons (Fsp3) is 0.783. The summed E-state index contributed by atoms with van der Waals surface area (Å²) in [5.74, 6) is 3.43. The van der Waals surface area contributed by atoms with Crippen LogP contribution in [0.3, 0.4) is 0 Å². The molecular weight excluding hydrogens is 392 g/mol. The molecular formula is C23H38N6S. The van der Waals surface area contributed by atoms with Gasteiger partial charge in [-0.1, -0.05) is 39.0 Å². The Morgan fingerprint density at radius 3 is 2.20 bits per heavy atom. The molecule has 3 heterocycles. The lowest BCUT2D eigenvalue weighted by Gasteiger charge is -2.33. The maximum atomic E-state index is 5.63. The number of piperidine rings is 1. The van der Waals surface area contributed by atoms with Gasteiger partial charge in [-0.05, 0) is 56.7 Å². The van der Waals surface area contributed by atoms with Crippen LogP contribution in [0.15, 0.2) is 6.07 Å². The van der Waals surface area contributed by atoms with Crippen molar-refractivity contribution in [1.82, 2.24) is 15.3 Å². The number of thiocarbonyl (C=S) groups is 1. The van der Waals surface area contributed by atoms with Crippen molar-refractivity contribution in [3.63, 3.8) is 0 Å². The Labute approximate surface area is 187 Å². The molecule has 1 aliphatic carbocycles. The van der Waals surface area contributed by atoms with Crippen molar-refractivity contribution < 1.29 is 0 Å². The fourth-order valence-corrected chi connectivity index (χ4v) is 5.33. The molecule has 166 valence electrons. The smallest absolute Gasteiger partial charge is 0.232 e. The van der Waals surface area contributed by atoms with E-state index in [1.807, 2.05) is 0 Å². The van der Waals surface area contributed by atoms with Crippen molar-refractivity contribution in [3.05, 3.63) is 6.07 Å². The van der Waals surface area contributed by atoms with Gasteiger partial charge in [0.1, 0.15) is 11.6 Å². The minimum Gasteiger partial charge on any atom is -0.360 e. The molecule has 0 spiro atoms. The molecule has 4 rings (SSSR count). The first-order chi connectivity index (χ1) is 14.7. The van der Waals surface area contributed by atoms with Crippen molar-refractivity contribution in [2.45, 2.75) is 83.6 Å². The minimum atomic E-state index is 0.481. The Morgan fingerprint density at radius 2 is 1.50 bits per heavy atom. The molecule has 2 saturated heterocycles. The molecule has 7 heteroatoms. The van der Waals surface area contributed by atoms with Crippen LogP contribution in [0.1, 0.15) is 77.6 Å². The summed E-state index contributed by atoms with van der Waals surface area (Å²) in [4.78, 5) is 14.7. The summed E-state index contributed by atoms with van der Waals surface area (Å²) in [6.45, 7) is 6.64. The Balaban J connectivity index is 1.52. The highest BCUT2D eigenvalue weighted by Gasteiger charge is 2.22. The normalized spacial score (nSPS) is 23.7. The van der Waals surface area contributed by atoms with Crippen molar-refractivity contribution in [2.75, 3.05) is 41.3 Å². The third-order valence-corrected chi connectivity index (χ3v) is 7.00. The summed E-state index contributed by atoms with van der Waals surface area (Å²) in [6, 6.07) is 2.68. The maximum absolute atomic E-state index is 5.63. The van der Waals surface area contributed by atoms with Gasteiger partial charge in [0.25, 0.3) is 0 Å². The van der Waals surface area contributed by atoms with Gasteiger partial charge in [-0.15, -0.1) is 0 Å². The quantitative estimate of drug-likeness (QED) is 0.671. The number of aromatic nitrogens is 2. The highest BCUT2D eigenvalue weighted by molar-refractivity contribution is 7.80. The van der Waals surface area contributed by atoms with E-state index in [4.69, 9.17) is 22.2 Å². The third-order valence-electron chi connectivity index (χ3n) is 6.78. The second kappa shape index (κ2) is 10.6. The highest BCUT2D eigenvalue weighted by atomic mass is 32.1. The van der Waals surface area contributed by atoms with Crippen molar-refractivity contribution >= 4 is 34.9 Å². The monoisotopic (exact) mass is 430 g/mol. The number of nitrogens with one attached hydrogen (secondary N) is 2. The second-order valence-electron chi connectivity index (χ2n) is 9.44. The molecule has 3 fully saturated rings. The maximum Gasteiger partial charge on any atom is 0.232 e. The molecule has 0 bridgehead atoms. The number of anilines is 3. The summed E-state index contributed by atoms with van der Waals surface area (Å²) in [5, 5.41) is 7.48. The summed E-state index contributed by atoms with van der Waals surface area (Å²) in [6.07, 6.45) is 14.0. The van der Waals surface area contributed by atoms with Crippen LogP contribution in [0, 0.1) is 5.92 Å². The van der Waals surface area contributed by atoms with Crippen molar-refractivity contribution in [1.29, 1.82) is 0 Å². The average molecular weight is 431 g/mol. The van der Waals surface area contributed by atoms with Gasteiger partial charge in [-0.25, -0.2) is 0 Å². The molecule has 1 atom stereocenters. The summed E-state index contributed by atoms with van der Waals surface area (Å²) >= 11 is 5.63. The molecule has 1 aromatic rings. The van der Waals surface area contributed by atoms with Crippen LogP contribution >= 0.6 is 12.2 Å². The van der Waals surface area contributed by atoms with Gasteiger partial charge in [0.2, 0.25) is 5.95 Å². The zero-order valence-corrected chi connectivity index (χ0v) is 19.4. The van der Waals surface area contributed by atoms with Crippen molar-refractivity contribution in [2.24, 2.45) is 5.92 Å². The van der Waals surface area contributed by atoms with E-state index < -0.39 is 0 Å². The molecule has 0 radical (unpaired) electrons. The Morgan fingerprint density at radius 1 is 0.867 bits per heavy atom. The van der Waals surface area contributed by atoms with E-state index in [1.54, 1.807) is 0 Å². The minimum absolute atomic E-state index is 0.481. The molecule has 1 aromatic heterocycles. The average Bonchev–Trinajstić information content (AvgIpc) is 3.04. The predicted octanol–water partition coefficient (Wildman–Crippen LogP) is 4.71. The van der Waals surface area contributed by atoms with Gasteiger partial charge in [0.05, 0.1) is 0 Å². The van der Waals surface area contributed by atoms with Gasteiger partial charge >= 0.3 is 0 Å². The standard InChI is InChI=1S/C23H38N6S/c1-18-10-9-15-29(17-18)21-16-20(28-13-7-2-3-8-14-28)25-22(26-21)27-23(30)24-19-11-5-4-6-12-19/h16,18-19H,2-15,17H2,1H3,(H2,24,25,26,27,30)/t18-/m1/s1. The van der Waals surface area contributed by atoms with E-state index >= 15 is 0 Å². The van der Waals surface area contributed by atoms with Crippen molar-refractivity contribution in [3.8, 4) is 0 Å². The Kier molecular flexibility index (Phi) is 7.63. The number of hydrogen-bond acceptors (Lipinski definition) is 5. The molecule has 1 saturated carbocycles. The molecule has 6 nitrogen and oxygen atoms in total. The molecule has 3 aliphatic rings. The summed E-state index contributed by atoms with van der Waals surface area (Å²) in [5.41, 5.74) is 0. The van der Waals surface area contributed by atoms with Gasteiger partial charge < -0.3 is 20.4 Å². The zero-order chi connectivity index (χ0) is 20.8. The van der Waals surface area contributed by atoms with Gasteiger partial charge in [0, 0.05) is 38.3 Å². The van der Waals surface area contributed by atoms with Crippen LogP contribution in [-0.2, 0) is 0 Å². The molecule has 0 aromatic carbocycles. The van der Waals surface area contributed by atoms with E-state index in [2.05, 4.69) is 33.4 Å². The van der Waals surface area contributed by atoms with Crippen LogP contribution in [0.4, 0.5) is 17.6 Å². The third kappa shape index (κ3) is 5.96. The van der Waals surface area contributed by atoms with E-state index in [0.29, 0.717) is 23.0 Å². The fourth-order valence-electron chi connectivity index (χ4n) is 5.07. The number of rotatable bonds is 4. The largest absolute Gasteiger partial charge is 0.360 e. The first kappa shape index (κ1) is 21.6. The van der Waals surface area contributed by atoms with Crippen LogP contribution in [-0.4, -0.2) is 47.3 Å².